The molecule has 1 heterocycles. The van der Waals surface area contributed by atoms with E-state index in [-0.39, 0.29) is 11.7 Å². The number of aromatic nitrogens is 3. The molecule has 1 aromatic heterocycles. The molecule has 0 radical (unpaired) electrons. The van der Waals surface area contributed by atoms with Crippen molar-refractivity contribution >= 4 is 23.9 Å². The molecule has 0 atom stereocenters. The number of phenolic OH excluding ortho intramolecular Hbond substituents is 1. The van der Waals surface area contributed by atoms with Gasteiger partial charge in [0.1, 0.15) is 6.33 Å². The van der Waals surface area contributed by atoms with Crippen LogP contribution in [0.3, 0.4) is 0 Å². The Kier molecular flexibility index (Phi) is 6.28. The topological polar surface area (TPSA) is 102 Å². The lowest BCUT2D eigenvalue weighted by atomic mass is 10.1. The first-order valence-corrected chi connectivity index (χ1v) is 9.31. The fourth-order valence-electron chi connectivity index (χ4n) is 2.32. The summed E-state index contributed by atoms with van der Waals surface area (Å²) < 4.78 is 6.83. The van der Waals surface area contributed by atoms with Crippen molar-refractivity contribution in [3.8, 4) is 11.5 Å². The fourth-order valence-corrected chi connectivity index (χ4v) is 3.16. The zero-order valence-corrected chi connectivity index (χ0v) is 16.2. The van der Waals surface area contributed by atoms with Crippen molar-refractivity contribution in [3.05, 3.63) is 65.5 Å². The highest BCUT2D eigenvalue weighted by molar-refractivity contribution is 7.98. The highest BCUT2D eigenvalue weighted by Crippen LogP contribution is 2.25. The van der Waals surface area contributed by atoms with Gasteiger partial charge in [0, 0.05) is 18.4 Å². The van der Waals surface area contributed by atoms with Crippen molar-refractivity contribution in [1.82, 2.24) is 20.2 Å². The summed E-state index contributed by atoms with van der Waals surface area (Å²) in [6.45, 7) is 0. The first-order valence-electron chi connectivity index (χ1n) is 8.33. The molecule has 2 N–H and O–H groups in total. The molecule has 28 heavy (non-hydrogen) atoms. The average Bonchev–Trinajstić information content (AvgIpc) is 3.11. The van der Waals surface area contributed by atoms with E-state index >= 15 is 0 Å². The molecule has 0 fully saturated rings. The SMILES string of the molecule is COc1ccc(/C=N\NC(=O)c2ccc(CSc3nncn3C)cc2)cc1O. The maximum atomic E-state index is 12.2. The number of thioether (sulfide) groups is 1. The maximum Gasteiger partial charge on any atom is 0.271 e. The summed E-state index contributed by atoms with van der Waals surface area (Å²) in [5.74, 6) is 0.792. The highest BCUT2D eigenvalue weighted by Gasteiger charge is 2.06. The van der Waals surface area contributed by atoms with Crippen molar-refractivity contribution in [1.29, 1.82) is 0 Å². The number of aromatic hydroxyl groups is 1. The van der Waals surface area contributed by atoms with Crippen LogP contribution in [0.5, 0.6) is 11.5 Å². The fraction of sp³-hybridized carbons (Fsp3) is 0.158. The number of hydrogen-bond donors (Lipinski definition) is 2. The van der Waals surface area contributed by atoms with Gasteiger partial charge in [-0.2, -0.15) is 5.10 Å². The second-order valence-electron chi connectivity index (χ2n) is 5.84. The molecular formula is C19H19N5O3S. The van der Waals surface area contributed by atoms with Crippen LogP contribution in [0, 0.1) is 0 Å². The van der Waals surface area contributed by atoms with E-state index in [4.69, 9.17) is 4.74 Å². The Labute approximate surface area is 166 Å². The number of nitrogens with zero attached hydrogens (tertiary/aromatic N) is 4. The Hall–Kier alpha value is -3.33. The second-order valence-corrected chi connectivity index (χ2v) is 6.78. The molecule has 0 spiro atoms. The number of carbonyl (C=O) groups is 1. The van der Waals surface area contributed by atoms with Crippen LogP contribution in [-0.4, -0.2) is 39.1 Å². The molecule has 8 nitrogen and oxygen atoms in total. The minimum absolute atomic E-state index is 0.00700. The standard InChI is InChI=1S/C19H19N5O3S/c1-24-12-21-23-19(24)28-11-13-3-6-15(7-4-13)18(26)22-20-10-14-5-8-17(27-2)16(25)9-14/h3-10,12,25H,11H2,1-2H3,(H,22,26)/b20-10-. The molecule has 9 heteroatoms. The molecule has 0 unspecified atom stereocenters. The molecule has 0 aliphatic rings. The molecule has 0 bridgehead atoms. The van der Waals surface area contributed by atoms with E-state index in [0.717, 1.165) is 16.5 Å². The minimum atomic E-state index is -0.318. The van der Waals surface area contributed by atoms with E-state index in [9.17, 15) is 9.90 Å². The first kappa shape index (κ1) is 19.4. The monoisotopic (exact) mass is 397 g/mol. The van der Waals surface area contributed by atoms with Crippen molar-refractivity contribution in [2.24, 2.45) is 12.1 Å². The van der Waals surface area contributed by atoms with E-state index in [1.807, 2.05) is 23.7 Å². The number of methoxy groups -OCH3 is 1. The van der Waals surface area contributed by atoms with Gasteiger partial charge < -0.3 is 14.4 Å². The summed E-state index contributed by atoms with van der Waals surface area (Å²) in [6, 6.07) is 12.1. The van der Waals surface area contributed by atoms with Gasteiger partial charge in [0.25, 0.3) is 5.91 Å². The second kappa shape index (κ2) is 9.05. The average molecular weight is 397 g/mol. The predicted molar refractivity (Wildman–Crippen MR) is 107 cm³/mol. The van der Waals surface area contributed by atoms with Crippen molar-refractivity contribution in [2.75, 3.05) is 7.11 Å². The summed E-state index contributed by atoms with van der Waals surface area (Å²) >= 11 is 1.57. The molecule has 0 aliphatic heterocycles. The van der Waals surface area contributed by atoms with Gasteiger partial charge in [0.15, 0.2) is 16.7 Å². The minimum Gasteiger partial charge on any atom is -0.504 e. The van der Waals surface area contributed by atoms with E-state index in [2.05, 4.69) is 20.7 Å². The lowest BCUT2D eigenvalue weighted by Gasteiger charge is -2.04. The summed E-state index contributed by atoms with van der Waals surface area (Å²) in [5, 5.41) is 22.4. The number of hydrazone groups is 1. The van der Waals surface area contributed by atoms with Crippen LogP contribution >= 0.6 is 11.8 Å². The Balaban J connectivity index is 1.54. The number of nitrogens with one attached hydrogen (secondary N) is 1. The molecule has 3 rings (SSSR count). The Morgan fingerprint density at radius 2 is 2.11 bits per heavy atom. The van der Waals surface area contributed by atoms with Crippen molar-refractivity contribution < 1.29 is 14.6 Å². The molecular weight excluding hydrogens is 378 g/mol. The number of amides is 1. The number of ether oxygens (including phenoxy) is 1. The quantitative estimate of drug-likeness (QED) is 0.361. The first-order chi connectivity index (χ1) is 13.6. The van der Waals surface area contributed by atoms with E-state index in [1.54, 1.807) is 42.4 Å². The number of carbonyl (C=O) groups excluding carboxylic acids is 1. The summed E-state index contributed by atoms with van der Waals surface area (Å²) in [4.78, 5) is 12.2. The third-order valence-corrected chi connectivity index (χ3v) is 4.94. The van der Waals surface area contributed by atoms with Crippen LogP contribution in [0.4, 0.5) is 0 Å². The Morgan fingerprint density at radius 1 is 1.32 bits per heavy atom. The number of aryl methyl sites for hydroxylation is 1. The van der Waals surface area contributed by atoms with Crippen LogP contribution in [-0.2, 0) is 12.8 Å². The zero-order valence-electron chi connectivity index (χ0n) is 15.4. The lowest BCUT2D eigenvalue weighted by Crippen LogP contribution is -2.17. The summed E-state index contributed by atoms with van der Waals surface area (Å²) in [7, 11) is 3.37. The molecule has 1 amide bonds. The van der Waals surface area contributed by atoms with Crippen molar-refractivity contribution in [3.63, 3.8) is 0 Å². The van der Waals surface area contributed by atoms with Gasteiger partial charge >= 0.3 is 0 Å². The zero-order chi connectivity index (χ0) is 19.9. The van der Waals surface area contributed by atoms with E-state index in [0.29, 0.717) is 16.9 Å². The van der Waals surface area contributed by atoms with Crippen LogP contribution in [0.1, 0.15) is 21.5 Å². The van der Waals surface area contributed by atoms with E-state index in [1.165, 1.54) is 19.4 Å². The number of rotatable bonds is 7. The molecule has 0 aliphatic carbocycles. The van der Waals surface area contributed by atoms with Crippen LogP contribution in [0.2, 0.25) is 0 Å². The van der Waals surface area contributed by atoms with Gasteiger partial charge in [-0.25, -0.2) is 5.43 Å². The van der Waals surface area contributed by atoms with Crippen molar-refractivity contribution in [2.45, 2.75) is 10.9 Å². The van der Waals surface area contributed by atoms with Crippen LogP contribution < -0.4 is 10.2 Å². The van der Waals surface area contributed by atoms with Gasteiger partial charge in [-0.1, -0.05) is 23.9 Å². The molecule has 144 valence electrons. The van der Waals surface area contributed by atoms with Crippen LogP contribution in [0.25, 0.3) is 0 Å². The molecule has 2 aromatic carbocycles. The highest BCUT2D eigenvalue weighted by atomic mass is 32.2. The number of benzene rings is 2. The molecule has 0 saturated carbocycles. The Bertz CT molecular complexity index is 985. The Morgan fingerprint density at radius 3 is 2.75 bits per heavy atom. The van der Waals surface area contributed by atoms with Gasteiger partial charge in [-0.05, 0) is 41.5 Å². The molecule has 0 saturated heterocycles. The number of phenols is 1. The van der Waals surface area contributed by atoms with Gasteiger partial charge in [0.05, 0.1) is 13.3 Å². The number of hydrogen-bond acceptors (Lipinski definition) is 7. The third kappa shape index (κ3) is 4.89. The van der Waals surface area contributed by atoms with Crippen LogP contribution in [0.15, 0.2) is 59.0 Å². The smallest absolute Gasteiger partial charge is 0.271 e. The largest absolute Gasteiger partial charge is 0.504 e. The normalized spacial score (nSPS) is 10.9. The summed E-state index contributed by atoms with van der Waals surface area (Å²) in [6.07, 6.45) is 3.10. The predicted octanol–water partition coefficient (Wildman–Crippen LogP) is 2.59. The van der Waals surface area contributed by atoms with Gasteiger partial charge in [0.2, 0.25) is 0 Å². The summed E-state index contributed by atoms with van der Waals surface area (Å²) in [5.41, 5.74) is 4.67. The van der Waals surface area contributed by atoms with E-state index < -0.39 is 0 Å². The third-order valence-electron chi connectivity index (χ3n) is 3.84. The van der Waals surface area contributed by atoms with Gasteiger partial charge in [-0.3, -0.25) is 4.79 Å². The maximum absolute atomic E-state index is 12.2. The molecule has 3 aromatic rings. The lowest BCUT2D eigenvalue weighted by molar-refractivity contribution is 0.0955. The van der Waals surface area contributed by atoms with Gasteiger partial charge in [-0.15, -0.1) is 10.2 Å².